The van der Waals surface area contributed by atoms with Gasteiger partial charge in [0.2, 0.25) is 0 Å². The second kappa shape index (κ2) is 12.4. The fraction of sp³-hybridized carbons (Fsp3) is 0.417. The number of likely N-dealkylation sites (tertiary alicyclic amines) is 1. The molecule has 33 heavy (non-hydrogen) atoms. The lowest BCUT2D eigenvalue weighted by molar-refractivity contribution is 0.0790. The van der Waals surface area contributed by atoms with E-state index in [4.69, 9.17) is 0 Å². The first-order chi connectivity index (χ1) is 16.0. The Balaban J connectivity index is 1.83. The molecule has 1 aromatic carbocycles. The van der Waals surface area contributed by atoms with E-state index in [0.717, 1.165) is 48.6 Å². The second-order valence-electron chi connectivity index (χ2n) is 7.85. The van der Waals surface area contributed by atoms with Crippen LogP contribution >= 0.6 is 23.1 Å². The fourth-order valence-corrected chi connectivity index (χ4v) is 4.86. The maximum absolute atomic E-state index is 13.3. The highest BCUT2D eigenvalue weighted by atomic mass is 32.2. The molecule has 0 radical (unpaired) electrons. The summed E-state index contributed by atoms with van der Waals surface area (Å²) in [5.41, 5.74) is 1.83. The number of benzene rings is 1. The maximum atomic E-state index is 13.3. The molecule has 0 aliphatic carbocycles. The predicted octanol–water partition coefficient (Wildman–Crippen LogP) is 4.13. The Hall–Kier alpha value is -2.83. The summed E-state index contributed by atoms with van der Waals surface area (Å²) in [6, 6.07) is 11.1. The van der Waals surface area contributed by atoms with Gasteiger partial charge in [-0.2, -0.15) is 17.0 Å². The zero-order valence-corrected chi connectivity index (χ0v) is 20.7. The standard InChI is InChI=1S/C24H29N5O2S2/c1-28(16-19-9-5-4-8-18(19)15-25)24(31)22-20(27-17-29-11-6-3-7-12-29)14-21(33-22)23(30)26-10-13-32-2/h4-5,8-9,14,17H,3,6-7,10-13,16H2,1-2H3,(H,26,30)/b27-17+. The molecule has 0 spiro atoms. The van der Waals surface area contributed by atoms with Crippen LogP contribution in [0.2, 0.25) is 0 Å². The van der Waals surface area contributed by atoms with Crippen LogP contribution in [-0.4, -0.2) is 66.6 Å². The fourth-order valence-electron chi connectivity index (χ4n) is 3.54. The lowest BCUT2D eigenvalue weighted by Gasteiger charge is -2.23. The number of nitrogens with zero attached hydrogens (tertiary/aromatic N) is 4. The Morgan fingerprint density at radius 1 is 1.30 bits per heavy atom. The van der Waals surface area contributed by atoms with Crippen molar-refractivity contribution in [3.05, 3.63) is 51.2 Å². The van der Waals surface area contributed by atoms with Gasteiger partial charge in [0.05, 0.1) is 28.5 Å². The van der Waals surface area contributed by atoms with Crippen molar-refractivity contribution < 1.29 is 9.59 Å². The molecule has 0 atom stereocenters. The highest BCUT2D eigenvalue weighted by molar-refractivity contribution is 7.98. The summed E-state index contributed by atoms with van der Waals surface area (Å²) in [5, 5.41) is 12.3. The summed E-state index contributed by atoms with van der Waals surface area (Å²) >= 11 is 2.82. The minimum atomic E-state index is -0.221. The van der Waals surface area contributed by atoms with Crippen LogP contribution in [-0.2, 0) is 6.54 Å². The van der Waals surface area contributed by atoms with E-state index in [2.05, 4.69) is 21.3 Å². The molecule has 9 heteroatoms. The van der Waals surface area contributed by atoms with Gasteiger partial charge in [0.1, 0.15) is 4.88 Å². The number of carbonyl (C=O) groups is 2. The van der Waals surface area contributed by atoms with Gasteiger partial charge in [0.15, 0.2) is 0 Å². The number of nitrogens with one attached hydrogen (secondary N) is 1. The number of hydrogen-bond acceptors (Lipinski definition) is 6. The van der Waals surface area contributed by atoms with E-state index in [9.17, 15) is 14.9 Å². The number of aliphatic imine (C=N–C) groups is 1. The summed E-state index contributed by atoms with van der Waals surface area (Å²) in [6.07, 6.45) is 7.26. The normalized spacial score (nSPS) is 13.7. The third-order valence-electron chi connectivity index (χ3n) is 5.37. The molecule has 1 aliphatic rings. The average molecular weight is 484 g/mol. The molecule has 1 saturated heterocycles. The van der Waals surface area contributed by atoms with Gasteiger partial charge < -0.3 is 15.1 Å². The number of amides is 2. The Morgan fingerprint density at radius 3 is 2.79 bits per heavy atom. The lowest BCUT2D eigenvalue weighted by atomic mass is 10.1. The molecule has 2 aromatic rings. The van der Waals surface area contributed by atoms with Crippen molar-refractivity contribution in [2.75, 3.05) is 38.7 Å². The number of thioether (sulfide) groups is 1. The molecular weight excluding hydrogens is 454 g/mol. The van der Waals surface area contributed by atoms with Crippen molar-refractivity contribution in [2.45, 2.75) is 25.8 Å². The molecule has 1 fully saturated rings. The minimum absolute atomic E-state index is 0.194. The largest absolute Gasteiger partial charge is 0.363 e. The van der Waals surface area contributed by atoms with E-state index in [1.165, 1.54) is 6.42 Å². The first-order valence-electron chi connectivity index (χ1n) is 11.0. The van der Waals surface area contributed by atoms with Crippen molar-refractivity contribution in [3.8, 4) is 6.07 Å². The molecule has 0 unspecified atom stereocenters. The van der Waals surface area contributed by atoms with Crippen LogP contribution in [0, 0.1) is 11.3 Å². The van der Waals surface area contributed by atoms with Gasteiger partial charge in [-0.05, 0) is 43.2 Å². The topological polar surface area (TPSA) is 88.8 Å². The quantitative estimate of drug-likeness (QED) is 0.329. The maximum Gasteiger partial charge on any atom is 0.266 e. The summed E-state index contributed by atoms with van der Waals surface area (Å²) in [7, 11) is 1.70. The third kappa shape index (κ3) is 6.83. The number of nitriles is 1. The van der Waals surface area contributed by atoms with Crippen LogP contribution in [0.5, 0.6) is 0 Å². The lowest BCUT2D eigenvalue weighted by Crippen LogP contribution is -2.28. The van der Waals surface area contributed by atoms with Crippen LogP contribution in [0.25, 0.3) is 0 Å². The number of rotatable bonds is 9. The first kappa shape index (κ1) is 24.8. The molecule has 0 saturated carbocycles. The van der Waals surface area contributed by atoms with E-state index in [0.29, 0.717) is 34.1 Å². The van der Waals surface area contributed by atoms with E-state index in [-0.39, 0.29) is 11.8 Å². The molecule has 1 N–H and O–H groups in total. The number of thiophene rings is 1. The van der Waals surface area contributed by atoms with Gasteiger partial charge in [-0.1, -0.05) is 18.2 Å². The van der Waals surface area contributed by atoms with Crippen LogP contribution in [0.4, 0.5) is 5.69 Å². The van der Waals surface area contributed by atoms with Gasteiger partial charge in [-0.15, -0.1) is 11.3 Å². The van der Waals surface area contributed by atoms with Gasteiger partial charge in [-0.25, -0.2) is 4.99 Å². The third-order valence-corrected chi connectivity index (χ3v) is 7.09. The van der Waals surface area contributed by atoms with Crippen LogP contribution in [0.1, 0.15) is 49.7 Å². The van der Waals surface area contributed by atoms with E-state index in [1.807, 2.05) is 18.4 Å². The highest BCUT2D eigenvalue weighted by Gasteiger charge is 2.23. The van der Waals surface area contributed by atoms with Crippen LogP contribution < -0.4 is 5.32 Å². The number of hydrogen-bond donors (Lipinski definition) is 1. The molecule has 1 aromatic heterocycles. The zero-order chi connectivity index (χ0) is 23.6. The second-order valence-corrected chi connectivity index (χ2v) is 9.88. The van der Waals surface area contributed by atoms with Crippen molar-refractivity contribution in [1.82, 2.24) is 15.1 Å². The molecule has 1 aliphatic heterocycles. The van der Waals surface area contributed by atoms with Crippen LogP contribution in [0.15, 0.2) is 35.3 Å². The van der Waals surface area contributed by atoms with Crippen molar-refractivity contribution >= 4 is 46.9 Å². The Morgan fingerprint density at radius 2 is 2.06 bits per heavy atom. The smallest absolute Gasteiger partial charge is 0.266 e. The average Bonchev–Trinajstić information content (AvgIpc) is 3.27. The Kier molecular flexibility index (Phi) is 9.34. The number of carbonyl (C=O) groups excluding carboxylic acids is 2. The van der Waals surface area contributed by atoms with Gasteiger partial charge in [0, 0.05) is 39.0 Å². The van der Waals surface area contributed by atoms with Gasteiger partial charge in [-0.3, -0.25) is 9.59 Å². The minimum Gasteiger partial charge on any atom is -0.363 e. The van der Waals surface area contributed by atoms with E-state index < -0.39 is 0 Å². The summed E-state index contributed by atoms with van der Waals surface area (Å²) < 4.78 is 0. The molecule has 3 rings (SSSR count). The van der Waals surface area contributed by atoms with Crippen LogP contribution in [0.3, 0.4) is 0 Å². The van der Waals surface area contributed by atoms with Gasteiger partial charge in [0.25, 0.3) is 11.8 Å². The molecule has 174 valence electrons. The highest BCUT2D eigenvalue weighted by Crippen LogP contribution is 2.31. The van der Waals surface area contributed by atoms with E-state index in [1.54, 1.807) is 48.2 Å². The molecular formula is C24H29N5O2S2. The Bertz CT molecular complexity index is 1040. The Labute approximate surface area is 203 Å². The van der Waals surface area contributed by atoms with Crippen molar-refractivity contribution in [1.29, 1.82) is 5.26 Å². The zero-order valence-electron chi connectivity index (χ0n) is 19.0. The first-order valence-corrected chi connectivity index (χ1v) is 13.2. The molecule has 7 nitrogen and oxygen atoms in total. The monoisotopic (exact) mass is 483 g/mol. The van der Waals surface area contributed by atoms with Gasteiger partial charge >= 0.3 is 0 Å². The summed E-state index contributed by atoms with van der Waals surface area (Å²) in [5.74, 6) is 0.408. The molecule has 2 amide bonds. The summed E-state index contributed by atoms with van der Waals surface area (Å²) in [4.78, 5) is 35.2. The van der Waals surface area contributed by atoms with E-state index >= 15 is 0 Å². The molecule has 2 heterocycles. The number of piperidine rings is 1. The molecule has 0 bridgehead atoms. The van der Waals surface area contributed by atoms with Crippen molar-refractivity contribution in [2.24, 2.45) is 4.99 Å². The SMILES string of the molecule is CSCCNC(=O)c1cc(/N=C/N2CCCCC2)c(C(=O)N(C)Cc2ccccc2C#N)s1. The van der Waals surface area contributed by atoms with Crippen molar-refractivity contribution in [3.63, 3.8) is 0 Å². The predicted molar refractivity (Wildman–Crippen MR) is 136 cm³/mol. The summed E-state index contributed by atoms with van der Waals surface area (Å²) in [6.45, 7) is 2.76.